The Morgan fingerprint density at radius 2 is 2.33 bits per heavy atom. The van der Waals surface area contributed by atoms with Crippen LogP contribution in [-0.2, 0) is 0 Å². The molecule has 0 saturated carbocycles. The second-order valence-corrected chi connectivity index (χ2v) is 5.03. The van der Waals surface area contributed by atoms with Crippen molar-refractivity contribution >= 4 is 23.3 Å². The van der Waals surface area contributed by atoms with Gasteiger partial charge in [-0.3, -0.25) is 0 Å². The molecule has 0 radical (unpaired) electrons. The summed E-state index contributed by atoms with van der Waals surface area (Å²) in [5, 5.41) is 11.8. The van der Waals surface area contributed by atoms with Gasteiger partial charge < -0.3 is 20.1 Å². The average molecular weight is 321 g/mol. The van der Waals surface area contributed by atoms with E-state index in [9.17, 15) is 18.7 Å². The van der Waals surface area contributed by atoms with Crippen LogP contribution in [0.2, 0.25) is 5.02 Å². The fraction of sp³-hybridized carbons (Fsp3) is 0.462. The van der Waals surface area contributed by atoms with Crippen molar-refractivity contribution in [3.05, 3.63) is 23.2 Å². The lowest BCUT2D eigenvalue weighted by atomic mass is 10.2. The maximum atomic E-state index is 12.1. The zero-order valence-electron chi connectivity index (χ0n) is 11.1. The third kappa shape index (κ3) is 3.95. The molecule has 1 saturated heterocycles. The van der Waals surface area contributed by atoms with Crippen molar-refractivity contribution in [2.24, 2.45) is 0 Å². The van der Waals surface area contributed by atoms with Gasteiger partial charge in [0.1, 0.15) is 5.75 Å². The Labute approximate surface area is 125 Å². The van der Waals surface area contributed by atoms with Crippen LogP contribution in [0, 0.1) is 0 Å². The molecule has 2 amide bonds. The molecule has 0 spiro atoms. The van der Waals surface area contributed by atoms with Crippen molar-refractivity contribution in [3.63, 3.8) is 0 Å². The number of likely N-dealkylation sites (tertiary alicyclic amines) is 1. The Hall–Kier alpha value is -1.60. The van der Waals surface area contributed by atoms with E-state index in [1.807, 2.05) is 0 Å². The average Bonchev–Trinajstić information content (AvgIpc) is 2.90. The maximum absolute atomic E-state index is 12.1. The zero-order chi connectivity index (χ0) is 15.4. The molecule has 2 N–H and O–H groups in total. The van der Waals surface area contributed by atoms with Gasteiger partial charge in [0.25, 0.3) is 0 Å². The van der Waals surface area contributed by atoms with Crippen molar-refractivity contribution in [2.75, 3.05) is 18.5 Å². The van der Waals surface area contributed by atoms with Crippen molar-refractivity contribution in [1.82, 2.24) is 4.90 Å². The second kappa shape index (κ2) is 6.91. The van der Waals surface area contributed by atoms with Crippen LogP contribution in [0.4, 0.5) is 19.3 Å². The minimum atomic E-state index is -2.96. The van der Waals surface area contributed by atoms with Gasteiger partial charge in [-0.15, -0.1) is 0 Å². The van der Waals surface area contributed by atoms with Gasteiger partial charge in [-0.1, -0.05) is 11.6 Å². The highest BCUT2D eigenvalue weighted by Gasteiger charge is 2.28. The van der Waals surface area contributed by atoms with Gasteiger partial charge >= 0.3 is 12.6 Å². The number of carbonyl (C=O) groups is 1. The van der Waals surface area contributed by atoms with Crippen LogP contribution in [0.5, 0.6) is 5.75 Å². The van der Waals surface area contributed by atoms with Crippen LogP contribution in [0.1, 0.15) is 12.8 Å². The SMILES string of the molecule is O=C(Nc1ccc(OC(F)F)c(Cl)c1)N1CCC[C@@H]1CO. The van der Waals surface area contributed by atoms with Crippen molar-refractivity contribution in [3.8, 4) is 5.75 Å². The number of anilines is 1. The lowest BCUT2D eigenvalue weighted by Gasteiger charge is -2.23. The Bertz CT molecular complexity index is 516. The Balaban J connectivity index is 2.02. The number of halogens is 3. The first-order valence-corrected chi connectivity index (χ1v) is 6.82. The number of carbonyl (C=O) groups excluding carboxylic acids is 1. The number of urea groups is 1. The predicted molar refractivity (Wildman–Crippen MR) is 73.9 cm³/mol. The topological polar surface area (TPSA) is 61.8 Å². The molecule has 21 heavy (non-hydrogen) atoms. The quantitative estimate of drug-likeness (QED) is 0.896. The van der Waals surface area contributed by atoms with Gasteiger partial charge in [0.2, 0.25) is 0 Å². The fourth-order valence-corrected chi connectivity index (χ4v) is 2.48. The summed E-state index contributed by atoms with van der Waals surface area (Å²) in [6.07, 6.45) is 1.59. The van der Waals surface area contributed by atoms with E-state index in [-0.39, 0.29) is 29.5 Å². The summed E-state index contributed by atoms with van der Waals surface area (Å²) in [6.45, 7) is -2.48. The molecule has 0 bridgehead atoms. The molecule has 0 unspecified atom stereocenters. The lowest BCUT2D eigenvalue weighted by molar-refractivity contribution is -0.0497. The summed E-state index contributed by atoms with van der Waals surface area (Å²) < 4.78 is 28.5. The summed E-state index contributed by atoms with van der Waals surface area (Å²) in [5.74, 6) is -0.154. The number of hydrogen-bond acceptors (Lipinski definition) is 3. The highest BCUT2D eigenvalue weighted by molar-refractivity contribution is 6.32. The number of aliphatic hydroxyl groups excluding tert-OH is 1. The molecule has 1 atom stereocenters. The Kier molecular flexibility index (Phi) is 5.19. The zero-order valence-corrected chi connectivity index (χ0v) is 11.8. The largest absolute Gasteiger partial charge is 0.433 e. The molecule has 0 aliphatic carbocycles. The van der Waals surface area contributed by atoms with Crippen LogP contribution in [0.25, 0.3) is 0 Å². The molecular weight excluding hydrogens is 306 g/mol. The van der Waals surface area contributed by atoms with E-state index in [0.717, 1.165) is 12.8 Å². The van der Waals surface area contributed by atoms with E-state index < -0.39 is 6.61 Å². The number of alkyl halides is 2. The number of benzene rings is 1. The smallest absolute Gasteiger partial charge is 0.387 e. The van der Waals surface area contributed by atoms with Gasteiger partial charge in [0.05, 0.1) is 17.7 Å². The third-order valence-corrected chi connectivity index (χ3v) is 3.54. The molecule has 1 fully saturated rings. The minimum absolute atomic E-state index is 0.0202. The molecule has 1 heterocycles. The molecule has 1 aliphatic heterocycles. The first-order chi connectivity index (χ1) is 10.0. The van der Waals surface area contributed by atoms with Gasteiger partial charge in [0.15, 0.2) is 0 Å². The molecule has 1 aromatic rings. The Morgan fingerprint density at radius 3 is 2.95 bits per heavy atom. The van der Waals surface area contributed by atoms with Crippen LogP contribution in [0.3, 0.4) is 0 Å². The van der Waals surface area contributed by atoms with Crippen LogP contribution < -0.4 is 10.1 Å². The number of ether oxygens (including phenoxy) is 1. The van der Waals surface area contributed by atoms with E-state index in [1.54, 1.807) is 0 Å². The van der Waals surface area contributed by atoms with E-state index in [0.29, 0.717) is 12.2 Å². The molecule has 8 heteroatoms. The van der Waals surface area contributed by atoms with Gasteiger partial charge in [-0.25, -0.2) is 4.79 Å². The molecule has 1 aromatic carbocycles. The number of amides is 2. The van der Waals surface area contributed by atoms with Gasteiger partial charge in [-0.05, 0) is 31.0 Å². The molecular formula is C13H15ClF2N2O3. The monoisotopic (exact) mass is 320 g/mol. The molecule has 1 aliphatic rings. The minimum Gasteiger partial charge on any atom is -0.433 e. The molecule has 5 nitrogen and oxygen atoms in total. The summed E-state index contributed by atoms with van der Waals surface area (Å²) in [7, 11) is 0. The maximum Gasteiger partial charge on any atom is 0.387 e. The summed E-state index contributed by atoms with van der Waals surface area (Å²) in [4.78, 5) is 13.6. The van der Waals surface area contributed by atoms with Crippen LogP contribution >= 0.6 is 11.6 Å². The van der Waals surface area contributed by atoms with Crippen LogP contribution in [0.15, 0.2) is 18.2 Å². The summed E-state index contributed by atoms with van der Waals surface area (Å²) in [6, 6.07) is 3.47. The number of nitrogens with zero attached hydrogens (tertiary/aromatic N) is 1. The molecule has 116 valence electrons. The highest BCUT2D eigenvalue weighted by atomic mass is 35.5. The van der Waals surface area contributed by atoms with E-state index in [4.69, 9.17) is 11.6 Å². The van der Waals surface area contributed by atoms with E-state index in [1.165, 1.54) is 23.1 Å². The van der Waals surface area contributed by atoms with Crippen LogP contribution in [-0.4, -0.2) is 41.8 Å². The van der Waals surface area contributed by atoms with Gasteiger partial charge in [0, 0.05) is 12.2 Å². The van der Waals surface area contributed by atoms with Crippen molar-refractivity contribution in [1.29, 1.82) is 0 Å². The number of rotatable bonds is 4. The standard InChI is InChI=1S/C13H15ClF2N2O3/c14-10-6-8(3-4-11(10)21-12(15)16)17-13(20)18-5-1-2-9(18)7-19/h3-4,6,9,12,19H,1-2,5,7H2,(H,17,20)/t9-/m1/s1. The molecule has 0 aromatic heterocycles. The van der Waals surface area contributed by atoms with E-state index in [2.05, 4.69) is 10.1 Å². The summed E-state index contributed by atoms with van der Waals surface area (Å²) >= 11 is 5.81. The second-order valence-electron chi connectivity index (χ2n) is 4.63. The number of nitrogens with one attached hydrogen (secondary N) is 1. The van der Waals surface area contributed by atoms with Crippen molar-refractivity contribution in [2.45, 2.75) is 25.5 Å². The normalized spacial score (nSPS) is 18.1. The predicted octanol–water partition coefficient (Wildman–Crippen LogP) is 2.93. The third-order valence-electron chi connectivity index (χ3n) is 3.25. The first-order valence-electron chi connectivity index (χ1n) is 6.44. The number of hydrogen-bond donors (Lipinski definition) is 2. The summed E-state index contributed by atoms with van der Waals surface area (Å²) in [5.41, 5.74) is 0.371. The van der Waals surface area contributed by atoms with E-state index >= 15 is 0 Å². The lowest BCUT2D eigenvalue weighted by Crippen LogP contribution is -2.40. The Morgan fingerprint density at radius 1 is 1.57 bits per heavy atom. The highest BCUT2D eigenvalue weighted by Crippen LogP contribution is 2.29. The van der Waals surface area contributed by atoms with Crippen molar-refractivity contribution < 1.29 is 23.4 Å². The molecule has 2 rings (SSSR count). The first kappa shape index (κ1) is 15.8. The fourth-order valence-electron chi connectivity index (χ4n) is 2.26. The number of aliphatic hydroxyl groups is 1. The van der Waals surface area contributed by atoms with Gasteiger partial charge in [-0.2, -0.15) is 8.78 Å².